The van der Waals surface area contributed by atoms with E-state index in [-0.39, 0.29) is 17.7 Å². The van der Waals surface area contributed by atoms with Crippen molar-refractivity contribution < 1.29 is 17.9 Å². The van der Waals surface area contributed by atoms with Crippen LogP contribution in [0.25, 0.3) is 11.4 Å². The Kier molecular flexibility index (Phi) is 6.26. The lowest BCUT2D eigenvalue weighted by atomic mass is 10.2. The van der Waals surface area contributed by atoms with Crippen molar-refractivity contribution in [2.24, 2.45) is 0 Å². The lowest BCUT2D eigenvalue weighted by molar-refractivity contribution is 0.0950. The number of carbonyl (C=O) groups excluding carboxylic acids is 1. The van der Waals surface area contributed by atoms with Crippen molar-refractivity contribution in [2.75, 3.05) is 11.3 Å². The molecule has 0 spiro atoms. The Balaban J connectivity index is 1.37. The molecule has 0 bridgehead atoms. The van der Waals surface area contributed by atoms with Gasteiger partial charge >= 0.3 is 0 Å². The van der Waals surface area contributed by atoms with Crippen LogP contribution in [0.1, 0.15) is 35.8 Å². The van der Waals surface area contributed by atoms with Gasteiger partial charge < -0.3 is 10.1 Å². The maximum atomic E-state index is 12.5. The highest BCUT2D eigenvalue weighted by Crippen LogP contribution is 2.29. The molecule has 1 amide bonds. The number of aromatic nitrogens is 4. The summed E-state index contributed by atoms with van der Waals surface area (Å²) in [4.78, 5) is 29.4. The number of hydrogen-bond acceptors (Lipinski definition) is 8. The van der Waals surface area contributed by atoms with Gasteiger partial charge in [0.15, 0.2) is 0 Å². The average molecular weight is 455 g/mol. The first-order valence-corrected chi connectivity index (χ1v) is 11.7. The van der Waals surface area contributed by atoms with Crippen LogP contribution < -0.4 is 14.8 Å². The second-order valence-corrected chi connectivity index (χ2v) is 9.13. The van der Waals surface area contributed by atoms with Crippen LogP contribution in [0.2, 0.25) is 0 Å². The number of amides is 1. The molecule has 0 aromatic carbocycles. The van der Waals surface area contributed by atoms with E-state index in [4.69, 9.17) is 4.74 Å². The van der Waals surface area contributed by atoms with Gasteiger partial charge in [-0.3, -0.25) is 24.5 Å². The van der Waals surface area contributed by atoms with Crippen molar-refractivity contribution >= 4 is 21.6 Å². The molecule has 2 N–H and O–H groups in total. The van der Waals surface area contributed by atoms with Crippen molar-refractivity contribution in [1.29, 1.82) is 0 Å². The van der Waals surface area contributed by atoms with Crippen LogP contribution in [0.15, 0.2) is 49.1 Å². The molecule has 3 aromatic rings. The van der Waals surface area contributed by atoms with Gasteiger partial charge in [-0.25, -0.2) is 13.4 Å². The van der Waals surface area contributed by atoms with E-state index in [1.54, 1.807) is 30.5 Å². The molecule has 1 aliphatic rings. The Labute approximate surface area is 185 Å². The van der Waals surface area contributed by atoms with Crippen molar-refractivity contribution in [2.45, 2.75) is 31.6 Å². The zero-order chi connectivity index (χ0) is 22.6. The molecule has 1 fully saturated rings. The second-order valence-electron chi connectivity index (χ2n) is 7.17. The Morgan fingerprint density at radius 1 is 1.12 bits per heavy atom. The molecule has 0 unspecified atom stereocenters. The minimum atomic E-state index is -3.36. The summed E-state index contributed by atoms with van der Waals surface area (Å²) in [5.74, 6) is 0.0757. The van der Waals surface area contributed by atoms with Crippen LogP contribution in [0.5, 0.6) is 5.88 Å². The number of nitrogens with zero attached hydrogens (tertiary/aromatic N) is 4. The van der Waals surface area contributed by atoms with Crippen molar-refractivity contribution in [1.82, 2.24) is 25.3 Å². The van der Waals surface area contributed by atoms with Gasteiger partial charge in [0.05, 0.1) is 53.4 Å². The number of rotatable bonds is 9. The van der Waals surface area contributed by atoms with E-state index in [1.165, 1.54) is 18.6 Å². The highest BCUT2D eigenvalue weighted by atomic mass is 32.2. The molecule has 0 radical (unpaired) electrons. The van der Waals surface area contributed by atoms with Gasteiger partial charge in [0.25, 0.3) is 5.91 Å². The molecular formula is C21H22N6O4S. The lowest BCUT2D eigenvalue weighted by Gasteiger charge is -2.09. The van der Waals surface area contributed by atoms with Crippen LogP contribution in [-0.2, 0) is 16.6 Å². The molecule has 0 saturated heterocycles. The summed E-state index contributed by atoms with van der Waals surface area (Å²) in [5, 5.41) is 2.44. The third kappa shape index (κ3) is 5.35. The Hall–Kier alpha value is -3.60. The van der Waals surface area contributed by atoms with E-state index in [9.17, 15) is 13.2 Å². The van der Waals surface area contributed by atoms with E-state index < -0.39 is 10.0 Å². The van der Waals surface area contributed by atoms with Gasteiger partial charge in [-0.15, -0.1) is 0 Å². The summed E-state index contributed by atoms with van der Waals surface area (Å²) in [6, 6.07) is 6.50. The fraction of sp³-hybridized carbons (Fsp3) is 0.286. The van der Waals surface area contributed by atoms with Gasteiger partial charge in [0.2, 0.25) is 15.9 Å². The fourth-order valence-electron chi connectivity index (χ4n) is 2.91. The van der Waals surface area contributed by atoms with E-state index in [0.29, 0.717) is 53.7 Å². The van der Waals surface area contributed by atoms with E-state index >= 15 is 0 Å². The molecule has 1 aliphatic carbocycles. The summed E-state index contributed by atoms with van der Waals surface area (Å²) in [5.41, 5.74) is 2.43. The average Bonchev–Trinajstić information content (AvgIpc) is 3.64. The normalized spacial score (nSPS) is 13.4. The van der Waals surface area contributed by atoms with Gasteiger partial charge in [-0.2, -0.15) is 0 Å². The third-order valence-electron chi connectivity index (χ3n) is 4.66. The Bertz CT molecular complexity index is 1210. The predicted octanol–water partition coefficient (Wildman–Crippen LogP) is 2.17. The first kappa shape index (κ1) is 21.6. The van der Waals surface area contributed by atoms with Crippen molar-refractivity contribution in [3.8, 4) is 17.3 Å². The smallest absolute Gasteiger partial charge is 0.253 e. The van der Waals surface area contributed by atoms with Crippen molar-refractivity contribution in [3.63, 3.8) is 0 Å². The molecule has 10 nitrogen and oxygen atoms in total. The summed E-state index contributed by atoms with van der Waals surface area (Å²) in [6.07, 6.45) is 7.41. The number of sulfonamides is 1. The standard InChI is InChI=1S/C21H22N6O4S/c1-2-31-20-13-22-12-19(26-20)18-6-3-14(10-24-18)21(28)25-11-16-9-15(7-8-23-16)27-32(29,30)17-4-5-17/h3,6-10,12-13,17H,2,4-5,11H2,1H3,(H,23,27)(H,25,28). The maximum Gasteiger partial charge on any atom is 0.253 e. The van der Waals surface area contributed by atoms with Crippen LogP contribution in [0.4, 0.5) is 5.69 Å². The molecular weight excluding hydrogens is 432 g/mol. The van der Waals surface area contributed by atoms with E-state index in [2.05, 4.69) is 30.0 Å². The van der Waals surface area contributed by atoms with E-state index in [1.807, 2.05) is 6.92 Å². The van der Waals surface area contributed by atoms with Crippen LogP contribution in [0, 0.1) is 0 Å². The fourth-order valence-corrected chi connectivity index (χ4v) is 4.28. The zero-order valence-corrected chi connectivity index (χ0v) is 18.2. The number of anilines is 1. The van der Waals surface area contributed by atoms with Crippen LogP contribution in [0.3, 0.4) is 0 Å². The lowest BCUT2D eigenvalue weighted by Crippen LogP contribution is -2.23. The first-order valence-electron chi connectivity index (χ1n) is 10.1. The Morgan fingerprint density at radius 3 is 2.69 bits per heavy atom. The van der Waals surface area contributed by atoms with E-state index in [0.717, 1.165) is 0 Å². The van der Waals surface area contributed by atoms with Gasteiger partial charge in [-0.05, 0) is 44.0 Å². The van der Waals surface area contributed by atoms with Crippen LogP contribution in [-0.4, -0.2) is 46.1 Å². The largest absolute Gasteiger partial charge is 0.477 e. The maximum absolute atomic E-state index is 12.5. The van der Waals surface area contributed by atoms with Crippen LogP contribution >= 0.6 is 0 Å². The van der Waals surface area contributed by atoms with Gasteiger partial charge in [-0.1, -0.05) is 0 Å². The summed E-state index contributed by atoms with van der Waals surface area (Å²) in [7, 11) is -3.36. The molecule has 3 aromatic heterocycles. The minimum Gasteiger partial charge on any atom is -0.477 e. The highest BCUT2D eigenvalue weighted by Gasteiger charge is 2.35. The summed E-state index contributed by atoms with van der Waals surface area (Å²) in [6.45, 7) is 2.48. The third-order valence-corrected chi connectivity index (χ3v) is 6.53. The quantitative estimate of drug-likeness (QED) is 0.502. The molecule has 3 heterocycles. The molecule has 0 atom stereocenters. The molecule has 32 heavy (non-hydrogen) atoms. The molecule has 166 valence electrons. The molecule has 1 saturated carbocycles. The first-order chi connectivity index (χ1) is 15.4. The summed E-state index contributed by atoms with van der Waals surface area (Å²) >= 11 is 0. The number of nitrogens with one attached hydrogen (secondary N) is 2. The minimum absolute atomic E-state index is 0.140. The second kappa shape index (κ2) is 9.27. The monoisotopic (exact) mass is 454 g/mol. The number of ether oxygens (including phenoxy) is 1. The van der Waals surface area contributed by atoms with Gasteiger partial charge in [0.1, 0.15) is 5.69 Å². The number of pyridine rings is 2. The molecule has 4 rings (SSSR count). The highest BCUT2D eigenvalue weighted by molar-refractivity contribution is 7.93. The molecule has 0 aliphatic heterocycles. The number of carbonyl (C=O) groups is 1. The Morgan fingerprint density at radius 2 is 1.97 bits per heavy atom. The predicted molar refractivity (Wildman–Crippen MR) is 117 cm³/mol. The zero-order valence-electron chi connectivity index (χ0n) is 17.4. The number of hydrogen-bond donors (Lipinski definition) is 2. The summed E-state index contributed by atoms with van der Waals surface area (Å²) < 4.78 is 32.1. The SMILES string of the molecule is CCOc1cncc(-c2ccc(C(=O)NCc3cc(NS(=O)(=O)C4CC4)ccn3)cn2)n1. The topological polar surface area (TPSA) is 136 Å². The molecule has 11 heteroatoms. The van der Waals surface area contributed by atoms with Gasteiger partial charge in [0, 0.05) is 12.4 Å². The van der Waals surface area contributed by atoms with Crippen molar-refractivity contribution in [3.05, 3.63) is 60.3 Å².